The van der Waals surface area contributed by atoms with Crippen LogP contribution >= 0.6 is 0 Å². The minimum atomic E-state index is -3.56. The van der Waals surface area contributed by atoms with Crippen LogP contribution in [0, 0.1) is 0 Å². The Balaban J connectivity index is 2.21. The fraction of sp³-hybridized carbons (Fsp3) is 0.188. The molecule has 0 bridgehead atoms. The van der Waals surface area contributed by atoms with Gasteiger partial charge >= 0.3 is 0 Å². The summed E-state index contributed by atoms with van der Waals surface area (Å²) in [4.78, 5) is 20.5. The summed E-state index contributed by atoms with van der Waals surface area (Å²) < 4.78 is 30.3. The van der Waals surface area contributed by atoms with E-state index in [0.717, 1.165) is 6.26 Å². The molecule has 3 aromatic rings. The van der Waals surface area contributed by atoms with Gasteiger partial charge in [-0.25, -0.2) is 13.4 Å². The average molecular weight is 345 g/mol. The Kier molecular flexibility index (Phi) is 4.06. The molecule has 2 aromatic heterocycles. The molecule has 2 heterocycles. The zero-order chi connectivity index (χ0) is 17.3. The van der Waals surface area contributed by atoms with Crippen LogP contribution in [0.2, 0.25) is 0 Å². The molecule has 0 aliphatic heterocycles. The average Bonchev–Trinajstić information content (AvgIpc) is 2.55. The monoisotopic (exact) mass is 345 g/mol. The molecule has 24 heavy (non-hydrogen) atoms. The van der Waals surface area contributed by atoms with Gasteiger partial charge in [0.25, 0.3) is 5.56 Å². The molecule has 3 rings (SSSR count). The number of nitrogens with zero attached hydrogens (tertiary/aromatic N) is 3. The topological polar surface area (TPSA) is 91.2 Å². The first-order valence-corrected chi connectivity index (χ1v) is 9.13. The molecule has 0 atom stereocenters. The molecule has 0 fully saturated rings. The minimum Gasteiger partial charge on any atom is -0.452 e. The van der Waals surface area contributed by atoms with Crippen LogP contribution in [-0.2, 0) is 16.4 Å². The maximum atomic E-state index is 12.6. The van der Waals surface area contributed by atoms with Crippen molar-refractivity contribution in [1.29, 1.82) is 0 Å². The highest BCUT2D eigenvalue weighted by molar-refractivity contribution is 7.90. The van der Waals surface area contributed by atoms with Gasteiger partial charge in [0.2, 0.25) is 15.0 Å². The predicted molar refractivity (Wildman–Crippen MR) is 89.1 cm³/mol. The van der Waals surface area contributed by atoms with Gasteiger partial charge in [-0.3, -0.25) is 9.36 Å². The lowest BCUT2D eigenvalue weighted by molar-refractivity contribution is 0.469. The molecule has 8 heteroatoms. The number of rotatable bonds is 4. The molecule has 0 saturated carbocycles. The maximum Gasteiger partial charge on any atom is 0.295 e. The normalized spacial score (nSPS) is 11.6. The smallest absolute Gasteiger partial charge is 0.295 e. The number of aromatic nitrogens is 3. The Labute approximate surface area is 138 Å². The number of para-hydroxylation sites is 1. The highest BCUT2D eigenvalue weighted by Crippen LogP contribution is 2.21. The van der Waals surface area contributed by atoms with Crippen LogP contribution in [-0.4, -0.2) is 29.2 Å². The lowest BCUT2D eigenvalue weighted by Gasteiger charge is -2.11. The van der Waals surface area contributed by atoms with Gasteiger partial charge < -0.3 is 4.74 Å². The number of hydrogen-bond acceptors (Lipinski definition) is 6. The quantitative estimate of drug-likeness (QED) is 0.672. The van der Waals surface area contributed by atoms with Crippen LogP contribution in [0.15, 0.2) is 52.5 Å². The molecule has 0 spiro atoms. The molecule has 0 N–H and O–H groups in total. The first kappa shape index (κ1) is 16.1. The summed E-state index contributed by atoms with van der Waals surface area (Å²) in [6.45, 7) is 2.09. The molecular formula is C16H15N3O4S. The Morgan fingerprint density at radius 2 is 1.92 bits per heavy atom. The molecule has 0 saturated heterocycles. The van der Waals surface area contributed by atoms with Crippen molar-refractivity contribution in [2.24, 2.45) is 0 Å². The van der Waals surface area contributed by atoms with Gasteiger partial charge in [-0.2, -0.15) is 4.98 Å². The number of sulfone groups is 1. The SMILES string of the molecule is CCn1c(=O)c(Oc2ccccc2)cc2cnc(S(C)(=O)=O)nc21. The van der Waals surface area contributed by atoms with Crippen LogP contribution in [0.25, 0.3) is 11.0 Å². The summed E-state index contributed by atoms with van der Waals surface area (Å²) in [5.74, 6) is 0.663. The van der Waals surface area contributed by atoms with E-state index in [-0.39, 0.29) is 22.1 Å². The van der Waals surface area contributed by atoms with E-state index in [2.05, 4.69) is 9.97 Å². The molecule has 0 aliphatic carbocycles. The van der Waals surface area contributed by atoms with Gasteiger partial charge in [-0.1, -0.05) is 18.2 Å². The highest BCUT2D eigenvalue weighted by atomic mass is 32.2. The third-order valence-electron chi connectivity index (χ3n) is 3.39. The second-order valence-corrected chi connectivity index (χ2v) is 7.09. The van der Waals surface area contributed by atoms with Crippen LogP contribution in [0.3, 0.4) is 0 Å². The Morgan fingerprint density at radius 1 is 1.21 bits per heavy atom. The van der Waals surface area contributed by atoms with Gasteiger partial charge in [0.05, 0.1) is 0 Å². The summed E-state index contributed by atoms with van der Waals surface area (Å²) in [5, 5.41) is 0.211. The van der Waals surface area contributed by atoms with Crippen LogP contribution in [0.1, 0.15) is 6.92 Å². The fourth-order valence-electron chi connectivity index (χ4n) is 2.28. The van der Waals surface area contributed by atoms with Gasteiger partial charge in [0.1, 0.15) is 11.4 Å². The summed E-state index contributed by atoms with van der Waals surface area (Å²) in [7, 11) is -3.56. The molecule has 0 amide bonds. The number of ether oxygens (including phenoxy) is 1. The van der Waals surface area contributed by atoms with Gasteiger partial charge in [-0.05, 0) is 25.1 Å². The van der Waals surface area contributed by atoms with E-state index in [1.165, 1.54) is 16.8 Å². The highest BCUT2D eigenvalue weighted by Gasteiger charge is 2.16. The molecule has 7 nitrogen and oxygen atoms in total. The number of aryl methyl sites for hydroxylation is 1. The van der Waals surface area contributed by atoms with E-state index in [1.807, 2.05) is 6.07 Å². The van der Waals surface area contributed by atoms with Crippen molar-refractivity contribution in [3.05, 3.63) is 52.9 Å². The summed E-state index contributed by atoms with van der Waals surface area (Å²) in [5.41, 5.74) is -0.120. The molecule has 0 radical (unpaired) electrons. The zero-order valence-electron chi connectivity index (χ0n) is 13.1. The third kappa shape index (κ3) is 3.00. The zero-order valence-corrected chi connectivity index (χ0v) is 13.9. The molecule has 0 aliphatic rings. The minimum absolute atomic E-state index is 0.131. The third-order valence-corrected chi connectivity index (χ3v) is 4.25. The van der Waals surface area contributed by atoms with Gasteiger partial charge in [0.15, 0.2) is 5.75 Å². The Hall–Kier alpha value is -2.74. The summed E-state index contributed by atoms with van der Waals surface area (Å²) in [6, 6.07) is 10.4. The Morgan fingerprint density at radius 3 is 2.54 bits per heavy atom. The van der Waals surface area contributed by atoms with Crippen molar-refractivity contribution in [2.45, 2.75) is 18.6 Å². The maximum absolute atomic E-state index is 12.6. The fourth-order valence-corrected chi connectivity index (χ4v) is 2.77. The molecular weight excluding hydrogens is 330 g/mol. The standard InChI is InChI=1S/C16H15N3O4S/c1-3-19-14-11(10-17-16(18-14)24(2,21)22)9-13(15(19)20)23-12-7-5-4-6-8-12/h4-10H,3H2,1-2H3. The first-order chi connectivity index (χ1) is 11.4. The number of pyridine rings is 1. The second kappa shape index (κ2) is 6.04. The van der Waals surface area contributed by atoms with Crippen molar-refractivity contribution in [3.8, 4) is 11.5 Å². The van der Waals surface area contributed by atoms with Crippen LogP contribution in [0.4, 0.5) is 0 Å². The number of fused-ring (bicyclic) bond motifs is 1. The van der Waals surface area contributed by atoms with E-state index in [9.17, 15) is 13.2 Å². The van der Waals surface area contributed by atoms with Crippen molar-refractivity contribution in [1.82, 2.24) is 14.5 Å². The van der Waals surface area contributed by atoms with Crippen LogP contribution in [0.5, 0.6) is 11.5 Å². The predicted octanol–water partition coefficient (Wildman–Crippen LogP) is 2.01. The Bertz CT molecular complexity index is 1060. The van der Waals surface area contributed by atoms with Gasteiger partial charge in [-0.15, -0.1) is 0 Å². The van der Waals surface area contributed by atoms with E-state index in [4.69, 9.17) is 4.74 Å². The lowest BCUT2D eigenvalue weighted by atomic mass is 10.3. The molecule has 0 unspecified atom stereocenters. The summed E-state index contributed by atoms with van der Waals surface area (Å²) in [6.07, 6.45) is 2.40. The first-order valence-electron chi connectivity index (χ1n) is 7.23. The number of hydrogen-bond donors (Lipinski definition) is 0. The second-order valence-electron chi connectivity index (χ2n) is 5.18. The lowest BCUT2D eigenvalue weighted by Crippen LogP contribution is -2.22. The van der Waals surface area contributed by atoms with Crippen LogP contribution < -0.4 is 10.3 Å². The molecule has 124 valence electrons. The van der Waals surface area contributed by atoms with Gasteiger partial charge in [0, 0.05) is 24.4 Å². The largest absolute Gasteiger partial charge is 0.452 e. The van der Waals surface area contributed by atoms with E-state index in [1.54, 1.807) is 31.2 Å². The van der Waals surface area contributed by atoms with Crippen molar-refractivity contribution in [3.63, 3.8) is 0 Å². The van der Waals surface area contributed by atoms with Crippen molar-refractivity contribution >= 4 is 20.9 Å². The van der Waals surface area contributed by atoms with E-state index < -0.39 is 9.84 Å². The number of benzene rings is 1. The van der Waals surface area contributed by atoms with Crippen molar-refractivity contribution in [2.75, 3.05) is 6.26 Å². The van der Waals surface area contributed by atoms with E-state index in [0.29, 0.717) is 17.7 Å². The summed E-state index contributed by atoms with van der Waals surface area (Å²) >= 11 is 0. The van der Waals surface area contributed by atoms with E-state index >= 15 is 0 Å². The molecule has 1 aromatic carbocycles. The van der Waals surface area contributed by atoms with Crippen molar-refractivity contribution < 1.29 is 13.2 Å².